The maximum atomic E-state index is 12.6. The highest BCUT2D eigenvalue weighted by atomic mass is 16.5. The summed E-state index contributed by atoms with van der Waals surface area (Å²) in [6.07, 6.45) is 0. The van der Waals surface area contributed by atoms with Crippen LogP contribution in [0.1, 0.15) is 64.4 Å². The van der Waals surface area contributed by atoms with Gasteiger partial charge in [0.25, 0.3) is 11.8 Å². The number of esters is 1. The molecule has 3 N–H and O–H groups in total. The molecule has 4 amide bonds. The average molecular weight is 420 g/mol. The molecule has 8 heteroatoms. The molecule has 0 radical (unpaired) electrons. The number of carbonyl (C=O) groups excluding carboxylic acids is 4. The maximum absolute atomic E-state index is 12.6. The van der Waals surface area contributed by atoms with Gasteiger partial charge in [0.15, 0.2) is 6.61 Å². The van der Waals surface area contributed by atoms with Gasteiger partial charge in [0.2, 0.25) is 0 Å². The second kappa shape index (κ2) is 10.8. The minimum Gasteiger partial charge on any atom is -0.454 e. The first kappa shape index (κ1) is 25.1. The molecule has 0 aromatic heterocycles. The Kier molecular flexibility index (Phi) is 9.01. The maximum Gasteiger partial charge on any atom is 0.329 e. The minimum absolute atomic E-state index is 0.0358. The Bertz CT molecular complexity index is 764. The van der Waals surface area contributed by atoms with Crippen LogP contribution in [0.25, 0.3) is 0 Å². The Balaban J connectivity index is 2.68. The molecule has 8 nitrogen and oxygen atoms in total. The third kappa shape index (κ3) is 8.23. The molecule has 0 spiro atoms. The third-order valence-corrected chi connectivity index (χ3v) is 4.24. The van der Waals surface area contributed by atoms with Gasteiger partial charge < -0.3 is 15.4 Å². The number of nitrogens with one attached hydrogen (secondary N) is 3. The Morgan fingerprint density at radius 2 is 1.50 bits per heavy atom. The number of carbonyl (C=O) groups is 4. The summed E-state index contributed by atoms with van der Waals surface area (Å²) < 4.78 is 4.99. The van der Waals surface area contributed by atoms with Crippen molar-refractivity contribution in [3.8, 4) is 0 Å². The van der Waals surface area contributed by atoms with Crippen LogP contribution in [0.2, 0.25) is 0 Å². The summed E-state index contributed by atoms with van der Waals surface area (Å²) in [5.41, 5.74) is 1.47. The van der Waals surface area contributed by atoms with Crippen LogP contribution in [0.4, 0.5) is 4.79 Å². The smallest absolute Gasteiger partial charge is 0.329 e. The van der Waals surface area contributed by atoms with E-state index in [9.17, 15) is 19.2 Å². The molecular formula is C22H33N3O5. The molecule has 0 unspecified atom stereocenters. The third-order valence-electron chi connectivity index (χ3n) is 4.24. The summed E-state index contributed by atoms with van der Waals surface area (Å²) in [7, 11) is 0. The van der Waals surface area contributed by atoms with Gasteiger partial charge in [-0.3, -0.25) is 14.9 Å². The predicted molar refractivity (Wildman–Crippen MR) is 114 cm³/mol. The number of ether oxygens (including phenoxy) is 1. The standard InChI is InChI=1S/C22H33N3O5/c1-13(2)18(20(28)30-12-17(26)24-21(29)23-14(3)4)25-19(27)15-8-10-16(11-9-15)22(5,6)7/h8-11,13-14,18H,12H2,1-7H3,(H,25,27)(H2,23,24,26,29)/t18-/m0/s1. The first-order valence-electron chi connectivity index (χ1n) is 9.99. The Morgan fingerprint density at radius 1 is 0.933 bits per heavy atom. The molecule has 1 rings (SSSR count). The zero-order valence-corrected chi connectivity index (χ0v) is 18.8. The quantitative estimate of drug-likeness (QED) is 0.588. The van der Waals surface area contributed by atoms with E-state index in [1.54, 1.807) is 39.8 Å². The van der Waals surface area contributed by atoms with Gasteiger partial charge in [0.1, 0.15) is 6.04 Å². The van der Waals surface area contributed by atoms with Gasteiger partial charge in [-0.2, -0.15) is 0 Å². The van der Waals surface area contributed by atoms with E-state index in [-0.39, 0.29) is 17.4 Å². The molecule has 0 bridgehead atoms. The van der Waals surface area contributed by atoms with E-state index in [2.05, 4.69) is 36.7 Å². The van der Waals surface area contributed by atoms with Crippen LogP contribution in [0.15, 0.2) is 24.3 Å². The van der Waals surface area contributed by atoms with Gasteiger partial charge in [-0.25, -0.2) is 9.59 Å². The molecule has 0 saturated carbocycles. The Hall–Kier alpha value is -2.90. The van der Waals surface area contributed by atoms with E-state index >= 15 is 0 Å². The number of imide groups is 1. The van der Waals surface area contributed by atoms with Crippen molar-refractivity contribution in [3.63, 3.8) is 0 Å². The molecule has 0 saturated heterocycles. The van der Waals surface area contributed by atoms with E-state index in [0.717, 1.165) is 5.56 Å². The summed E-state index contributed by atoms with van der Waals surface area (Å²) in [5.74, 6) is -2.17. The fraction of sp³-hybridized carbons (Fsp3) is 0.545. The molecule has 0 heterocycles. The monoisotopic (exact) mass is 419 g/mol. The van der Waals surface area contributed by atoms with Gasteiger partial charge in [-0.05, 0) is 42.9 Å². The van der Waals surface area contributed by atoms with Crippen LogP contribution in [-0.4, -0.2) is 42.5 Å². The van der Waals surface area contributed by atoms with Crippen LogP contribution in [0, 0.1) is 5.92 Å². The highest BCUT2D eigenvalue weighted by Gasteiger charge is 2.27. The molecule has 30 heavy (non-hydrogen) atoms. The number of amides is 4. The number of hydrogen-bond acceptors (Lipinski definition) is 5. The lowest BCUT2D eigenvalue weighted by molar-refractivity contribution is -0.151. The summed E-state index contributed by atoms with van der Waals surface area (Å²) in [5, 5.41) is 7.21. The minimum atomic E-state index is -0.933. The van der Waals surface area contributed by atoms with Crippen molar-refractivity contribution in [3.05, 3.63) is 35.4 Å². The number of hydrogen-bond donors (Lipinski definition) is 3. The fourth-order valence-corrected chi connectivity index (χ4v) is 2.53. The van der Waals surface area contributed by atoms with Crippen molar-refractivity contribution in [2.75, 3.05) is 6.61 Å². The topological polar surface area (TPSA) is 114 Å². The zero-order chi connectivity index (χ0) is 23.1. The van der Waals surface area contributed by atoms with Crippen LogP contribution in [0.3, 0.4) is 0 Å². The van der Waals surface area contributed by atoms with Gasteiger partial charge >= 0.3 is 12.0 Å². The van der Waals surface area contributed by atoms with Crippen molar-refractivity contribution in [2.24, 2.45) is 5.92 Å². The molecular weight excluding hydrogens is 386 g/mol. The molecule has 1 aromatic carbocycles. The van der Waals surface area contributed by atoms with Gasteiger partial charge in [0, 0.05) is 11.6 Å². The van der Waals surface area contributed by atoms with Crippen LogP contribution < -0.4 is 16.0 Å². The summed E-state index contributed by atoms with van der Waals surface area (Å²) >= 11 is 0. The lowest BCUT2D eigenvalue weighted by Gasteiger charge is -2.22. The van der Waals surface area contributed by atoms with Crippen molar-refractivity contribution >= 4 is 23.8 Å². The number of rotatable bonds is 7. The lowest BCUT2D eigenvalue weighted by Crippen LogP contribution is -2.47. The van der Waals surface area contributed by atoms with Crippen LogP contribution in [0.5, 0.6) is 0 Å². The fourth-order valence-electron chi connectivity index (χ4n) is 2.53. The largest absolute Gasteiger partial charge is 0.454 e. The summed E-state index contributed by atoms with van der Waals surface area (Å²) in [6, 6.07) is 5.43. The van der Waals surface area contributed by atoms with E-state index in [4.69, 9.17) is 4.74 Å². The average Bonchev–Trinajstić information content (AvgIpc) is 2.62. The van der Waals surface area contributed by atoms with E-state index in [1.807, 2.05) is 12.1 Å². The molecule has 0 aliphatic carbocycles. The SMILES string of the molecule is CC(C)NC(=O)NC(=O)COC(=O)[C@@H](NC(=O)c1ccc(C(C)(C)C)cc1)C(C)C. The molecule has 0 fully saturated rings. The number of urea groups is 1. The highest BCUT2D eigenvalue weighted by Crippen LogP contribution is 2.22. The van der Waals surface area contributed by atoms with Crippen molar-refractivity contribution in [2.45, 2.75) is 66.0 Å². The Labute approximate surface area is 178 Å². The van der Waals surface area contributed by atoms with Gasteiger partial charge in [-0.1, -0.05) is 46.8 Å². The molecule has 166 valence electrons. The van der Waals surface area contributed by atoms with Crippen LogP contribution in [-0.2, 0) is 19.7 Å². The summed E-state index contributed by atoms with van der Waals surface area (Å²) in [6.45, 7) is 12.6. The van der Waals surface area contributed by atoms with Crippen molar-refractivity contribution < 1.29 is 23.9 Å². The molecule has 0 aliphatic rings. The number of benzene rings is 1. The van der Waals surface area contributed by atoms with Crippen LogP contribution >= 0.6 is 0 Å². The first-order chi connectivity index (χ1) is 13.8. The van der Waals surface area contributed by atoms with E-state index in [1.165, 1.54) is 0 Å². The first-order valence-corrected chi connectivity index (χ1v) is 9.99. The summed E-state index contributed by atoms with van der Waals surface area (Å²) in [4.78, 5) is 48.2. The Morgan fingerprint density at radius 3 is 1.97 bits per heavy atom. The van der Waals surface area contributed by atoms with E-state index in [0.29, 0.717) is 5.56 Å². The lowest BCUT2D eigenvalue weighted by atomic mass is 9.86. The van der Waals surface area contributed by atoms with Gasteiger partial charge in [0.05, 0.1) is 0 Å². The second-order valence-electron chi connectivity index (χ2n) is 8.81. The zero-order valence-electron chi connectivity index (χ0n) is 18.8. The molecule has 1 atom stereocenters. The highest BCUT2D eigenvalue weighted by molar-refractivity contribution is 5.98. The normalized spacial score (nSPS) is 12.3. The van der Waals surface area contributed by atoms with Crippen molar-refractivity contribution in [1.82, 2.24) is 16.0 Å². The second-order valence-corrected chi connectivity index (χ2v) is 8.81. The predicted octanol–water partition coefficient (Wildman–Crippen LogP) is 2.52. The van der Waals surface area contributed by atoms with E-state index < -0.39 is 36.5 Å². The molecule has 0 aliphatic heterocycles. The molecule has 1 aromatic rings. The van der Waals surface area contributed by atoms with Gasteiger partial charge in [-0.15, -0.1) is 0 Å². The van der Waals surface area contributed by atoms with Crippen molar-refractivity contribution in [1.29, 1.82) is 0 Å².